The van der Waals surface area contributed by atoms with E-state index in [1.165, 1.54) is 14.2 Å². The van der Waals surface area contributed by atoms with E-state index in [1.807, 2.05) is 6.92 Å². The van der Waals surface area contributed by atoms with Gasteiger partial charge in [0.25, 0.3) is 0 Å². The normalized spacial score (nSPS) is 45.9. The van der Waals surface area contributed by atoms with Gasteiger partial charge >= 0.3 is 0 Å². The molecule has 142 valence electrons. The zero-order chi connectivity index (χ0) is 18.0. The number of aliphatic hydroxyl groups excluding tert-OH is 2. The molecule has 0 radical (unpaired) electrons. The van der Waals surface area contributed by atoms with Gasteiger partial charge in [0.2, 0.25) is 11.6 Å². The molecule has 0 saturated carbocycles. The topological polar surface area (TPSA) is 95.8 Å². The molecule has 0 spiro atoms. The van der Waals surface area contributed by atoms with Crippen LogP contribution in [0.1, 0.15) is 33.6 Å². The molecule has 0 aliphatic carbocycles. The van der Waals surface area contributed by atoms with Gasteiger partial charge in [-0.1, -0.05) is 13.3 Å². The molecular weight excluding hydrogens is 320 g/mol. The molecule has 2 heterocycles. The molecule has 2 rings (SSSR count). The van der Waals surface area contributed by atoms with E-state index in [1.54, 1.807) is 13.8 Å². The number of fused-ring (bicyclic) bond motifs is 1. The summed E-state index contributed by atoms with van der Waals surface area (Å²) in [6, 6.07) is 0. The lowest BCUT2D eigenvalue weighted by Crippen LogP contribution is -2.73. The fourth-order valence-electron chi connectivity index (χ4n) is 3.00. The summed E-state index contributed by atoms with van der Waals surface area (Å²) in [5.41, 5.74) is 0. The molecule has 8 nitrogen and oxygen atoms in total. The van der Waals surface area contributed by atoms with Gasteiger partial charge in [-0.2, -0.15) is 0 Å². The van der Waals surface area contributed by atoms with Crippen LogP contribution in [0, 0.1) is 0 Å². The highest BCUT2D eigenvalue weighted by Crippen LogP contribution is 2.43. The van der Waals surface area contributed by atoms with Crippen LogP contribution in [0.5, 0.6) is 0 Å². The summed E-state index contributed by atoms with van der Waals surface area (Å²) in [5, 5.41) is 20.3. The summed E-state index contributed by atoms with van der Waals surface area (Å²) in [6.07, 6.45) is -2.37. The average molecular weight is 350 g/mol. The van der Waals surface area contributed by atoms with Crippen LogP contribution in [-0.2, 0) is 28.4 Å². The van der Waals surface area contributed by atoms with Crippen LogP contribution in [0.2, 0.25) is 0 Å². The maximum atomic E-state index is 10.6. The summed E-state index contributed by atoms with van der Waals surface area (Å²) < 4.78 is 34.2. The predicted molar refractivity (Wildman–Crippen MR) is 83.2 cm³/mol. The van der Waals surface area contributed by atoms with Crippen molar-refractivity contribution in [1.82, 2.24) is 0 Å². The van der Waals surface area contributed by atoms with Crippen LogP contribution in [0.25, 0.3) is 0 Å². The Morgan fingerprint density at radius 3 is 2.12 bits per heavy atom. The molecule has 2 fully saturated rings. The Morgan fingerprint density at radius 2 is 1.62 bits per heavy atom. The Kier molecular flexibility index (Phi) is 6.60. The molecule has 2 saturated heterocycles. The summed E-state index contributed by atoms with van der Waals surface area (Å²) in [6.45, 7) is 5.55. The molecular formula is C16H30O8. The summed E-state index contributed by atoms with van der Waals surface area (Å²) in [5.74, 6) is -2.47. The Bertz CT molecular complexity index is 408. The van der Waals surface area contributed by atoms with Gasteiger partial charge in [0.15, 0.2) is 6.29 Å². The number of methoxy groups -OCH3 is 2. The quantitative estimate of drug-likeness (QED) is 0.637. The number of rotatable bonds is 7. The van der Waals surface area contributed by atoms with E-state index in [0.717, 1.165) is 12.8 Å². The average Bonchev–Trinajstić information content (AvgIpc) is 2.59. The minimum atomic E-state index is -1.24. The second kappa shape index (κ2) is 7.92. The predicted octanol–water partition coefficient (Wildman–Crippen LogP) is 0.390. The van der Waals surface area contributed by atoms with E-state index in [9.17, 15) is 10.2 Å². The number of hydrogen-bond acceptors (Lipinski definition) is 8. The molecule has 7 unspecified atom stereocenters. The maximum Gasteiger partial charge on any atom is 0.220 e. The van der Waals surface area contributed by atoms with E-state index in [2.05, 4.69) is 0 Å². The lowest BCUT2D eigenvalue weighted by molar-refractivity contribution is -0.479. The van der Waals surface area contributed by atoms with Crippen molar-refractivity contribution in [3.63, 3.8) is 0 Å². The second-order valence-electron chi connectivity index (χ2n) is 6.41. The zero-order valence-electron chi connectivity index (χ0n) is 15.1. The molecule has 8 heteroatoms. The minimum absolute atomic E-state index is 0.297. The SMILES string of the molecule is CCCCOC1OC(CO)C2OC(C)(OC)C(C)(OC)OC2C1O. The van der Waals surface area contributed by atoms with Crippen molar-refractivity contribution in [2.24, 2.45) is 0 Å². The monoisotopic (exact) mass is 350 g/mol. The van der Waals surface area contributed by atoms with Crippen LogP contribution in [0.4, 0.5) is 0 Å². The standard InChI is InChI=1S/C16H30O8/c1-6-7-8-21-14-11(18)13-12(10(9-17)22-14)23-15(2,19-4)16(3,20-5)24-13/h10-14,17-18H,6-9H2,1-5H3. The Balaban J connectivity index is 2.21. The summed E-state index contributed by atoms with van der Waals surface area (Å²) in [4.78, 5) is 0. The van der Waals surface area contributed by atoms with Crippen molar-refractivity contribution in [3.05, 3.63) is 0 Å². The first-order chi connectivity index (χ1) is 11.4. The first-order valence-electron chi connectivity index (χ1n) is 8.37. The van der Waals surface area contributed by atoms with Crippen LogP contribution in [-0.4, -0.2) is 79.9 Å². The largest absolute Gasteiger partial charge is 0.394 e. The maximum absolute atomic E-state index is 10.6. The van der Waals surface area contributed by atoms with Gasteiger partial charge in [-0.05, 0) is 20.3 Å². The molecule has 24 heavy (non-hydrogen) atoms. The highest BCUT2D eigenvalue weighted by atomic mass is 16.8. The highest BCUT2D eigenvalue weighted by Gasteiger charge is 2.62. The zero-order valence-corrected chi connectivity index (χ0v) is 15.1. The third-order valence-corrected chi connectivity index (χ3v) is 4.90. The van der Waals surface area contributed by atoms with Crippen molar-refractivity contribution in [2.45, 2.75) is 75.9 Å². The van der Waals surface area contributed by atoms with Gasteiger partial charge < -0.3 is 38.6 Å². The van der Waals surface area contributed by atoms with Gasteiger partial charge in [-0.15, -0.1) is 0 Å². The van der Waals surface area contributed by atoms with Crippen molar-refractivity contribution >= 4 is 0 Å². The Morgan fingerprint density at radius 1 is 1.04 bits per heavy atom. The van der Waals surface area contributed by atoms with Crippen LogP contribution in [0.3, 0.4) is 0 Å². The Labute approximate surface area is 142 Å². The summed E-state index contributed by atoms with van der Waals surface area (Å²) >= 11 is 0. The lowest BCUT2D eigenvalue weighted by atomic mass is 9.94. The summed E-state index contributed by atoms with van der Waals surface area (Å²) in [7, 11) is 2.96. The van der Waals surface area contributed by atoms with Crippen LogP contribution < -0.4 is 0 Å². The van der Waals surface area contributed by atoms with Gasteiger partial charge in [0.1, 0.15) is 24.4 Å². The van der Waals surface area contributed by atoms with Gasteiger partial charge in [-0.3, -0.25) is 0 Å². The van der Waals surface area contributed by atoms with Gasteiger partial charge in [0.05, 0.1) is 6.61 Å². The lowest BCUT2D eigenvalue weighted by Gasteiger charge is -2.56. The first-order valence-corrected chi connectivity index (χ1v) is 8.37. The third kappa shape index (κ3) is 3.47. The molecule has 0 aromatic carbocycles. The fourth-order valence-corrected chi connectivity index (χ4v) is 3.00. The Hall–Kier alpha value is -0.320. The number of unbranched alkanes of at least 4 members (excludes halogenated alkanes) is 1. The van der Waals surface area contributed by atoms with E-state index in [4.69, 9.17) is 28.4 Å². The van der Waals surface area contributed by atoms with Crippen molar-refractivity contribution in [2.75, 3.05) is 27.4 Å². The number of ether oxygens (including phenoxy) is 6. The van der Waals surface area contributed by atoms with Crippen molar-refractivity contribution in [1.29, 1.82) is 0 Å². The third-order valence-electron chi connectivity index (χ3n) is 4.90. The van der Waals surface area contributed by atoms with Crippen LogP contribution in [0.15, 0.2) is 0 Å². The van der Waals surface area contributed by atoms with Gasteiger partial charge in [-0.25, -0.2) is 0 Å². The molecule has 7 atom stereocenters. The van der Waals surface area contributed by atoms with Gasteiger partial charge in [0, 0.05) is 20.8 Å². The van der Waals surface area contributed by atoms with Crippen molar-refractivity contribution < 1.29 is 38.6 Å². The molecule has 0 bridgehead atoms. The van der Waals surface area contributed by atoms with E-state index >= 15 is 0 Å². The fraction of sp³-hybridized carbons (Fsp3) is 1.00. The van der Waals surface area contributed by atoms with E-state index in [-0.39, 0.29) is 6.61 Å². The van der Waals surface area contributed by atoms with E-state index in [0.29, 0.717) is 6.61 Å². The molecule has 0 amide bonds. The second-order valence-corrected chi connectivity index (χ2v) is 6.41. The van der Waals surface area contributed by atoms with Crippen LogP contribution >= 0.6 is 0 Å². The molecule has 0 aromatic heterocycles. The number of hydrogen-bond donors (Lipinski definition) is 2. The molecule has 2 aliphatic heterocycles. The smallest absolute Gasteiger partial charge is 0.220 e. The number of aliphatic hydroxyl groups is 2. The first kappa shape index (κ1) is 20.0. The molecule has 0 aromatic rings. The minimum Gasteiger partial charge on any atom is -0.394 e. The van der Waals surface area contributed by atoms with E-state index < -0.39 is 42.3 Å². The van der Waals surface area contributed by atoms with Crippen molar-refractivity contribution in [3.8, 4) is 0 Å². The highest BCUT2D eigenvalue weighted by molar-refractivity contribution is 4.99. The molecule has 2 N–H and O–H groups in total. The molecule has 2 aliphatic rings.